The average Bonchev–Trinajstić information content (AvgIpc) is 3.11. The number of carbonyl (C=O) groups is 2. The maximum atomic E-state index is 15.6. The fourth-order valence-corrected chi connectivity index (χ4v) is 6.06. The van der Waals surface area contributed by atoms with E-state index >= 15 is 4.39 Å². The lowest BCUT2D eigenvalue weighted by Crippen LogP contribution is -2.66. The molecule has 14 heteroatoms. The number of urea groups is 1. The summed E-state index contributed by atoms with van der Waals surface area (Å²) in [7, 11) is 1.26. The smallest absolute Gasteiger partial charge is 0.319 e. The molecule has 1 saturated heterocycles. The highest BCUT2D eigenvalue weighted by Gasteiger charge is 2.59. The van der Waals surface area contributed by atoms with E-state index in [9.17, 15) is 18.0 Å². The standard InChI is InChI=1S/C28H34FN7O5S/c1-16(2)30-7-8-41-25-22(33-42(6,39)40)9-17(12-32-25)18-10-19-21(11-20(18)29)31-13-23-24(19)28(26(37)35(23)5)14-36(15-28)27(38)34(3)4/h9-13,16,30,33H,7-8,14-15H2,1-6H3. The number of benzene rings is 1. The Labute approximate surface area is 243 Å². The number of hydrogen-bond acceptors (Lipinski definition) is 8. The molecule has 5 rings (SSSR count). The van der Waals surface area contributed by atoms with E-state index in [1.54, 1.807) is 38.3 Å². The van der Waals surface area contributed by atoms with E-state index in [1.165, 1.54) is 28.1 Å². The number of likely N-dealkylation sites (N-methyl/N-ethyl adjacent to an activating group) is 1. The summed E-state index contributed by atoms with van der Waals surface area (Å²) in [6.45, 7) is 5.12. The van der Waals surface area contributed by atoms with E-state index in [0.717, 1.165) is 6.26 Å². The molecule has 0 saturated carbocycles. The number of amides is 3. The Morgan fingerprint density at radius 2 is 1.90 bits per heavy atom. The molecule has 2 N–H and O–H groups in total. The van der Waals surface area contributed by atoms with E-state index in [-0.39, 0.29) is 54.8 Å². The molecule has 2 aliphatic heterocycles. The van der Waals surface area contributed by atoms with Crippen molar-refractivity contribution in [1.29, 1.82) is 0 Å². The van der Waals surface area contributed by atoms with Gasteiger partial charge in [-0.3, -0.25) is 14.5 Å². The van der Waals surface area contributed by atoms with Gasteiger partial charge in [-0.15, -0.1) is 0 Å². The molecule has 2 aromatic heterocycles. The number of aromatic nitrogens is 2. The molecule has 0 unspecified atom stereocenters. The quantitative estimate of drug-likeness (QED) is 0.377. The third-order valence-electron chi connectivity index (χ3n) is 7.42. The van der Waals surface area contributed by atoms with Crippen molar-refractivity contribution in [2.75, 3.05) is 63.3 Å². The van der Waals surface area contributed by atoms with Gasteiger partial charge in [-0.25, -0.2) is 22.6 Å². The van der Waals surface area contributed by atoms with Crippen LogP contribution in [0.1, 0.15) is 19.4 Å². The summed E-state index contributed by atoms with van der Waals surface area (Å²) in [5.41, 5.74) is 1.17. The first-order valence-electron chi connectivity index (χ1n) is 13.4. The third-order valence-corrected chi connectivity index (χ3v) is 8.01. The Morgan fingerprint density at radius 1 is 1.19 bits per heavy atom. The summed E-state index contributed by atoms with van der Waals surface area (Å²) >= 11 is 0. The van der Waals surface area contributed by atoms with Gasteiger partial charge in [0.25, 0.3) is 0 Å². The monoisotopic (exact) mass is 599 g/mol. The second-order valence-electron chi connectivity index (χ2n) is 11.3. The van der Waals surface area contributed by atoms with Crippen molar-refractivity contribution >= 4 is 44.2 Å². The number of hydrogen-bond donors (Lipinski definition) is 2. The fraction of sp³-hybridized carbons (Fsp3) is 0.429. The van der Waals surface area contributed by atoms with Gasteiger partial charge in [0.05, 0.1) is 23.7 Å². The van der Waals surface area contributed by atoms with Crippen LogP contribution in [0, 0.1) is 5.82 Å². The summed E-state index contributed by atoms with van der Waals surface area (Å²) in [6, 6.07) is 4.40. The van der Waals surface area contributed by atoms with Crippen LogP contribution in [0.5, 0.6) is 5.88 Å². The van der Waals surface area contributed by atoms with Crippen molar-refractivity contribution in [3.05, 3.63) is 42.0 Å². The highest BCUT2D eigenvalue weighted by molar-refractivity contribution is 7.92. The van der Waals surface area contributed by atoms with Gasteiger partial charge in [0.2, 0.25) is 21.8 Å². The van der Waals surface area contributed by atoms with Crippen LogP contribution in [-0.2, 0) is 20.2 Å². The minimum absolute atomic E-state index is 0.0600. The summed E-state index contributed by atoms with van der Waals surface area (Å²) in [4.78, 5) is 39.4. The number of carbonyl (C=O) groups excluding carboxylic acids is 2. The van der Waals surface area contributed by atoms with E-state index in [1.807, 2.05) is 13.8 Å². The van der Waals surface area contributed by atoms with Gasteiger partial charge in [-0.1, -0.05) is 13.8 Å². The van der Waals surface area contributed by atoms with Gasteiger partial charge in [-0.05, 0) is 12.1 Å². The molecular formula is C28H34FN7O5S. The van der Waals surface area contributed by atoms with E-state index < -0.39 is 21.3 Å². The predicted molar refractivity (Wildman–Crippen MR) is 158 cm³/mol. The number of pyridine rings is 2. The zero-order valence-electron chi connectivity index (χ0n) is 24.4. The van der Waals surface area contributed by atoms with Crippen LogP contribution in [0.2, 0.25) is 0 Å². The SMILES string of the molecule is CC(C)NCCOc1ncc(-c2cc3c4c(cnc3cc2F)N(C)C(=O)C42CN(C(=O)N(C)C)C2)cc1NS(C)(=O)=O. The normalized spacial score (nSPS) is 15.8. The number of ether oxygens (including phenoxy) is 1. The average molecular weight is 600 g/mol. The molecule has 3 aromatic rings. The van der Waals surface area contributed by atoms with Crippen molar-refractivity contribution in [2.24, 2.45) is 0 Å². The summed E-state index contributed by atoms with van der Waals surface area (Å²) in [6.07, 6.45) is 3.97. The van der Waals surface area contributed by atoms with Crippen LogP contribution in [0.25, 0.3) is 22.0 Å². The van der Waals surface area contributed by atoms with Crippen molar-refractivity contribution in [1.82, 2.24) is 25.1 Å². The van der Waals surface area contributed by atoms with Crippen LogP contribution in [0.3, 0.4) is 0 Å². The predicted octanol–water partition coefficient (Wildman–Crippen LogP) is 2.40. The van der Waals surface area contributed by atoms with Crippen molar-refractivity contribution < 1.29 is 27.1 Å². The highest BCUT2D eigenvalue weighted by atomic mass is 32.2. The Hall–Kier alpha value is -4.04. The first-order chi connectivity index (χ1) is 19.7. The molecule has 4 heterocycles. The number of nitrogens with zero attached hydrogens (tertiary/aromatic N) is 5. The summed E-state index contributed by atoms with van der Waals surface area (Å²) < 4.78 is 47.9. The Balaban J connectivity index is 1.58. The largest absolute Gasteiger partial charge is 0.475 e. The molecule has 1 spiro atoms. The molecular weight excluding hydrogens is 565 g/mol. The molecule has 0 bridgehead atoms. The molecule has 1 fully saturated rings. The second kappa shape index (κ2) is 10.7. The lowest BCUT2D eigenvalue weighted by Gasteiger charge is -2.47. The van der Waals surface area contributed by atoms with Gasteiger partial charge in [0, 0.05) is 81.2 Å². The zero-order valence-corrected chi connectivity index (χ0v) is 25.2. The lowest BCUT2D eigenvalue weighted by molar-refractivity contribution is -0.127. The van der Waals surface area contributed by atoms with Crippen molar-refractivity contribution in [2.45, 2.75) is 25.3 Å². The maximum absolute atomic E-state index is 15.6. The van der Waals surface area contributed by atoms with Crippen LogP contribution in [-0.4, -0.2) is 99.8 Å². The minimum Gasteiger partial charge on any atom is -0.475 e. The lowest BCUT2D eigenvalue weighted by atomic mass is 9.73. The molecule has 3 amide bonds. The Kier molecular flexibility index (Phi) is 7.47. The fourth-order valence-electron chi connectivity index (χ4n) is 5.52. The van der Waals surface area contributed by atoms with Crippen molar-refractivity contribution in [3.63, 3.8) is 0 Å². The van der Waals surface area contributed by atoms with Gasteiger partial charge in [0.1, 0.15) is 23.5 Å². The van der Waals surface area contributed by atoms with Crippen molar-refractivity contribution in [3.8, 4) is 17.0 Å². The molecule has 224 valence electrons. The zero-order chi connectivity index (χ0) is 30.6. The maximum Gasteiger partial charge on any atom is 0.319 e. The Bertz CT molecular complexity index is 1690. The molecule has 2 aliphatic rings. The molecule has 1 aromatic carbocycles. The number of nitrogens with one attached hydrogen (secondary N) is 2. The van der Waals surface area contributed by atoms with Crippen LogP contribution >= 0.6 is 0 Å². The molecule has 42 heavy (non-hydrogen) atoms. The van der Waals surface area contributed by atoms with Gasteiger partial charge >= 0.3 is 6.03 Å². The Morgan fingerprint density at radius 3 is 2.55 bits per heavy atom. The second-order valence-corrected chi connectivity index (χ2v) is 13.0. The van der Waals surface area contributed by atoms with Crippen LogP contribution in [0.15, 0.2) is 30.6 Å². The van der Waals surface area contributed by atoms with Gasteiger partial charge in [-0.2, -0.15) is 0 Å². The topological polar surface area (TPSA) is 137 Å². The van der Waals surface area contributed by atoms with Gasteiger partial charge < -0.3 is 24.8 Å². The van der Waals surface area contributed by atoms with Crippen LogP contribution < -0.4 is 19.7 Å². The van der Waals surface area contributed by atoms with E-state index in [0.29, 0.717) is 34.3 Å². The highest BCUT2D eigenvalue weighted by Crippen LogP contribution is 2.50. The van der Waals surface area contributed by atoms with E-state index in [2.05, 4.69) is 20.0 Å². The number of fused-ring (bicyclic) bond motifs is 4. The number of halogens is 1. The first-order valence-corrected chi connectivity index (χ1v) is 15.3. The first kappa shape index (κ1) is 29.5. The molecule has 0 aliphatic carbocycles. The number of rotatable bonds is 8. The molecule has 0 atom stereocenters. The minimum atomic E-state index is -3.71. The molecule has 12 nitrogen and oxygen atoms in total. The number of sulfonamides is 1. The number of likely N-dealkylation sites (tertiary alicyclic amines) is 1. The molecule has 0 radical (unpaired) electrons. The summed E-state index contributed by atoms with van der Waals surface area (Å²) in [5.74, 6) is -0.693. The van der Waals surface area contributed by atoms with E-state index in [4.69, 9.17) is 4.74 Å². The van der Waals surface area contributed by atoms with Crippen LogP contribution in [0.4, 0.5) is 20.6 Å². The number of anilines is 2. The third kappa shape index (κ3) is 5.20. The summed E-state index contributed by atoms with van der Waals surface area (Å²) in [5, 5.41) is 3.77. The van der Waals surface area contributed by atoms with Gasteiger partial charge in [0.15, 0.2) is 0 Å².